The number of thioether (sulfide) groups is 1. The van der Waals surface area contributed by atoms with E-state index >= 15 is 0 Å². The number of sulfonamides is 1. The molecule has 0 saturated heterocycles. The van der Waals surface area contributed by atoms with Crippen LogP contribution in [-0.2, 0) is 10.0 Å². The highest BCUT2D eigenvalue weighted by Crippen LogP contribution is 2.16. The first-order valence-electron chi connectivity index (χ1n) is 6.98. The summed E-state index contributed by atoms with van der Waals surface area (Å²) in [5, 5.41) is 2.84. The van der Waals surface area contributed by atoms with E-state index in [1.165, 1.54) is 0 Å². The zero-order valence-corrected chi connectivity index (χ0v) is 14.3. The number of carbonyl (C=O) groups excluding carboxylic acids is 1. The normalized spacial score (nSPS) is 11.0. The number of amides is 1. The minimum absolute atomic E-state index is 0.176. The first-order chi connectivity index (χ1) is 10.9. The lowest BCUT2D eigenvalue weighted by Crippen LogP contribution is -2.25. The molecular weight excluding hydrogens is 332 g/mol. The van der Waals surface area contributed by atoms with Crippen LogP contribution in [0.2, 0.25) is 0 Å². The largest absolute Gasteiger partial charge is 0.351 e. The molecular formula is C16H18N2O3S2. The summed E-state index contributed by atoms with van der Waals surface area (Å²) in [6, 6.07) is 16.3. The highest BCUT2D eigenvalue weighted by Gasteiger charge is 2.06. The summed E-state index contributed by atoms with van der Waals surface area (Å²) in [7, 11) is -3.31. The standard InChI is InChI=1S/C16H18N2O3S2/c1-23(20,21)18-14-9-7-13(8-10-14)16(19)17-11-12-22-15-5-3-2-4-6-15/h2-10,18H,11-12H2,1H3,(H,17,19). The van der Waals surface area contributed by atoms with Crippen LogP contribution in [0.15, 0.2) is 59.5 Å². The number of carbonyl (C=O) groups is 1. The minimum atomic E-state index is -3.31. The smallest absolute Gasteiger partial charge is 0.251 e. The van der Waals surface area contributed by atoms with Gasteiger partial charge in [-0.05, 0) is 36.4 Å². The topological polar surface area (TPSA) is 75.3 Å². The van der Waals surface area contributed by atoms with Gasteiger partial charge in [0.25, 0.3) is 5.91 Å². The summed E-state index contributed by atoms with van der Waals surface area (Å²) in [4.78, 5) is 13.2. The van der Waals surface area contributed by atoms with Gasteiger partial charge in [-0.15, -0.1) is 11.8 Å². The zero-order valence-electron chi connectivity index (χ0n) is 12.7. The van der Waals surface area contributed by atoms with Gasteiger partial charge in [-0.25, -0.2) is 8.42 Å². The molecule has 0 aromatic heterocycles. The van der Waals surface area contributed by atoms with Crippen LogP contribution in [0.25, 0.3) is 0 Å². The second-order valence-corrected chi connectivity index (χ2v) is 7.79. The van der Waals surface area contributed by atoms with Gasteiger partial charge < -0.3 is 5.32 Å². The quantitative estimate of drug-likeness (QED) is 0.594. The summed E-state index contributed by atoms with van der Waals surface area (Å²) in [6.45, 7) is 0.557. The lowest BCUT2D eigenvalue weighted by atomic mass is 10.2. The van der Waals surface area contributed by atoms with Crippen LogP contribution in [-0.4, -0.2) is 32.9 Å². The molecule has 23 heavy (non-hydrogen) atoms. The van der Waals surface area contributed by atoms with Gasteiger partial charge in [0, 0.05) is 28.4 Å². The molecule has 0 spiro atoms. The highest BCUT2D eigenvalue weighted by atomic mass is 32.2. The SMILES string of the molecule is CS(=O)(=O)Nc1ccc(C(=O)NCCSc2ccccc2)cc1. The van der Waals surface area contributed by atoms with E-state index in [0.29, 0.717) is 17.8 Å². The fourth-order valence-corrected chi connectivity index (χ4v) is 3.21. The van der Waals surface area contributed by atoms with E-state index in [1.54, 1.807) is 36.0 Å². The van der Waals surface area contributed by atoms with Crippen LogP contribution in [0, 0.1) is 0 Å². The Kier molecular flexibility index (Phi) is 6.06. The van der Waals surface area contributed by atoms with Gasteiger partial charge in [0.15, 0.2) is 0 Å². The minimum Gasteiger partial charge on any atom is -0.351 e. The number of anilines is 1. The molecule has 0 radical (unpaired) electrons. The average molecular weight is 350 g/mol. The molecule has 5 nitrogen and oxygen atoms in total. The van der Waals surface area contributed by atoms with E-state index in [-0.39, 0.29) is 5.91 Å². The average Bonchev–Trinajstić information content (AvgIpc) is 2.51. The molecule has 7 heteroatoms. The first kappa shape index (κ1) is 17.4. The lowest BCUT2D eigenvalue weighted by Gasteiger charge is -2.07. The number of rotatable bonds is 7. The van der Waals surface area contributed by atoms with Crippen molar-refractivity contribution >= 4 is 33.4 Å². The molecule has 0 saturated carbocycles. The fourth-order valence-electron chi connectivity index (χ4n) is 1.86. The Bertz CT molecular complexity index is 745. The van der Waals surface area contributed by atoms with Crippen molar-refractivity contribution in [3.63, 3.8) is 0 Å². The van der Waals surface area contributed by atoms with Crippen LogP contribution in [0.5, 0.6) is 0 Å². The molecule has 122 valence electrons. The van der Waals surface area contributed by atoms with Gasteiger partial charge in [0.2, 0.25) is 10.0 Å². The molecule has 2 rings (SSSR count). The summed E-state index contributed by atoms with van der Waals surface area (Å²) in [5.74, 6) is 0.605. The number of nitrogens with one attached hydrogen (secondary N) is 2. The molecule has 0 aliphatic heterocycles. The van der Waals surface area contributed by atoms with Gasteiger partial charge in [0.05, 0.1) is 6.26 Å². The number of benzene rings is 2. The second-order valence-electron chi connectivity index (χ2n) is 4.87. The summed E-state index contributed by atoms with van der Waals surface area (Å²) in [6.07, 6.45) is 1.08. The Hall–Kier alpha value is -1.99. The predicted molar refractivity (Wildman–Crippen MR) is 94.4 cm³/mol. The molecule has 0 aliphatic carbocycles. The fraction of sp³-hybridized carbons (Fsp3) is 0.188. The second kappa shape index (κ2) is 8.03. The van der Waals surface area contributed by atoms with Crippen molar-refractivity contribution in [3.05, 3.63) is 60.2 Å². The number of hydrogen-bond acceptors (Lipinski definition) is 4. The van der Waals surface area contributed by atoms with Gasteiger partial charge >= 0.3 is 0 Å². The van der Waals surface area contributed by atoms with E-state index in [9.17, 15) is 13.2 Å². The third-order valence-corrected chi connectivity index (χ3v) is 4.47. The molecule has 0 aliphatic rings. The Morgan fingerprint density at radius 3 is 2.30 bits per heavy atom. The maximum absolute atomic E-state index is 12.0. The maximum atomic E-state index is 12.0. The summed E-state index contributed by atoms with van der Waals surface area (Å²) >= 11 is 1.67. The van der Waals surface area contributed by atoms with Crippen molar-refractivity contribution in [1.29, 1.82) is 0 Å². The Morgan fingerprint density at radius 2 is 1.70 bits per heavy atom. The van der Waals surface area contributed by atoms with Gasteiger partial charge in [-0.1, -0.05) is 18.2 Å². The van der Waals surface area contributed by atoms with E-state index in [2.05, 4.69) is 10.0 Å². The van der Waals surface area contributed by atoms with Crippen LogP contribution in [0.4, 0.5) is 5.69 Å². The van der Waals surface area contributed by atoms with Gasteiger partial charge in [0.1, 0.15) is 0 Å². The molecule has 1 amide bonds. The Labute approximate surface area is 140 Å². The third-order valence-electron chi connectivity index (χ3n) is 2.85. The molecule has 0 atom stereocenters. The van der Waals surface area contributed by atoms with Crippen molar-refractivity contribution in [2.75, 3.05) is 23.3 Å². The molecule has 2 aromatic carbocycles. The first-order valence-corrected chi connectivity index (χ1v) is 9.86. The van der Waals surface area contributed by atoms with Gasteiger partial charge in [-0.3, -0.25) is 9.52 Å². The highest BCUT2D eigenvalue weighted by molar-refractivity contribution is 7.99. The maximum Gasteiger partial charge on any atom is 0.251 e. The predicted octanol–water partition coefficient (Wildman–Crippen LogP) is 2.58. The monoisotopic (exact) mass is 350 g/mol. The van der Waals surface area contributed by atoms with E-state index in [1.807, 2.05) is 30.3 Å². The van der Waals surface area contributed by atoms with Crippen molar-refractivity contribution < 1.29 is 13.2 Å². The Balaban J connectivity index is 1.79. The van der Waals surface area contributed by atoms with Crippen molar-refractivity contribution in [2.45, 2.75) is 4.90 Å². The Morgan fingerprint density at radius 1 is 1.04 bits per heavy atom. The molecule has 0 heterocycles. The van der Waals surface area contributed by atoms with Crippen molar-refractivity contribution in [3.8, 4) is 0 Å². The molecule has 0 unspecified atom stereocenters. The summed E-state index contributed by atoms with van der Waals surface area (Å²) in [5.41, 5.74) is 0.928. The molecule has 0 bridgehead atoms. The van der Waals surface area contributed by atoms with Crippen LogP contribution >= 0.6 is 11.8 Å². The lowest BCUT2D eigenvalue weighted by molar-refractivity contribution is 0.0956. The van der Waals surface area contributed by atoms with E-state index < -0.39 is 10.0 Å². The van der Waals surface area contributed by atoms with Crippen LogP contribution in [0.1, 0.15) is 10.4 Å². The van der Waals surface area contributed by atoms with E-state index in [0.717, 1.165) is 16.9 Å². The molecule has 0 fully saturated rings. The zero-order chi connectivity index (χ0) is 16.7. The van der Waals surface area contributed by atoms with Crippen LogP contribution < -0.4 is 10.0 Å². The number of hydrogen-bond donors (Lipinski definition) is 2. The van der Waals surface area contributed by atoms with Crippen molar-refractivity contribution in [1.82, 2.24) is 5.32 Å². The van der Waals surface area contributed by atoms with E-state index in [4.69, 9.17) is 0 Å². The van der Waals surface area contributed by atoms with Crippen LogP contribution in [0.3, 0.4) is 0 Å². The van der Waals surface area contributed by atoms with Gasteiger partial charge in [-0.2, -0.15) is 0 Å². The summed E-state index contributed by atoms with van der Waals surface area (Å²) < 4.78 is 24.6. The van der Waals surface area contributed by atoms with Crippen molar-refractivity contribution in [2.24, 2.45) is 0 Å². The third kappa shape index (κ3) is 6.33. The molecule has 2 aromatic rings. The molecule has 2 N–H and O–H groups in total.